The molecular formula is C24H31N5O2. The summed E-state index contributed by atoms with van der Waals surface area (Å²) in [5, 5.41) is 11.3. The van der Waals surface area contributed by atoms with Crippen LogP contribution in [0.5, 0.6) is 0 Å². The van der Waals surface area contributed by atoms with Gasteiger partial charge in [0.15, 0.2) is 5.96 Å². The predicted octanol–water partition coefficient (Wildman–Crippen LogP) is 3.87. The average molecular weight is 422 g/mol. The van der Waals surface area contributed by atoms with Gasteiger partial charge in [0.05, 0.1) is 30.6 Å². The Morgan fingerprint density at radius 2 is 2.23 bits per heavy atom. The fourth-order valence-electron chi connectivity index (χ4n) is 3.70. The molecule has 0 spiro atoms. The van der Waals surface area contributed by atoms with Crippen LogP contribution in [0, 0.1) is 0 Å². The van der Waals surface area contributed by atoms with Gasteiger partial charge in [-0.2, -0.15) is 5.10 Å². The highest BCUT2D eigenvalue weighted by molar-refractivity contribution is 5.80. The summed E-state index contributed by atoms with van der Waals surface area (Å²) in [4.78, 5) is 4.83. The molecule has 2 unspecified atom stereocenters. The lowest BCUT2D eigenvalue weighted by atomic mass is 10.1. The first kappa shape index (κ1) is 21.2. The molecule has 31 heavy (non-hydrogen) atoms. The van der Waals surface area contributed by atoms with Crippen molar-refractivity contribution in [1.82, 2.24) is 20.4 Å². The van der Waals surface area contributed by atoms with Gasteiger partial charge >= 0.3 is 0 Å². The molecule has 1 saturated heterocycles. The predicted molar refractivity (Wildman–Crippen MR) is 121 cm³/mol. The average Bonchev–Trinajstić information content (AvgIpc) is 3.53. The first-order valence-electron chi connectivity index (χ1n) is 11.1. The number of rotatable bonds is 8. The highest BCUT2D eigenvalue weighted by Crippen LogP contribution is 2.17. The van der Waals surface area contributed by atoms with Crippen LogP contribution in [-0.4, -0.2) is 41.5 Å². The van der Waals surface area contributed by atoms with E-state index in [-0.39, 0.29) is 12.1 Å². The molecule has 7 heteroatoms. The first-order valence-corrected chi connectivity index (χ1v) is 11.1. The SMILES string of the molecule is CC(NC(=NCC1CCCCO1)NCCc1ccco1)c1cccc(-n2cccn2)c1. The summed E-state index contributed by atoms with van der Waals surface area (Å²) >= 11 is 0. The van der Waals surface area contributed by atoms with E-state index in [1.165, 1.54) is 12.0 Å². The highest BCUT2D eigenvalue weighted by atomic mass is 16.5. The van der Waals surface area contributed by atoms with Crippen LogP contribution in [0.3, 0.4) is 0 Å². The molecular weight excluding hydrogens is 390 g/mol. The summed E-state index contributed by atoms with van der Waals surface area (Å²) in [6, 6.07) is 14.3. The first-order chi connectivity index (χ1) is 15.3. The molecule has 0 amide bonds. The van der Waals surface area contributed by atoms with Crippen LogP contribution in [0.4, 0.5) is 0 Å². The molecule has 0 saturated carbocycles. The summed E-state index contributed by atoms with van der Waals surface area (Å²) in [5.74, 6) is 1.75. The van der Waals surface area contributed by atoms with Crippen molar-refractivity contribution >= 4 is 5.96 Å². The van der Waals surface area contributed by atoms with Crippen LogP contribution in [0.15, 0.2) is 70.5 Å². The van der Waals surface area contributed by atoms with Gasteiger partial charge in [0, 0.05) is 32.0 Å². The maximum Gasteiger partial charge on any atom is 0.191 e. The molecule has 1 fully saturated rings. The van der Waals surface area contributed by atoms with E-state index in [1.807, 2.05) is 29.1 Å². The third kappa shape index (κ3) is 6.21. The third-order valence-corrected chi connectivity index (χ3v) is 5.46. The van der Waals surface area contributed by atoms with Crippen LogP contribution in [-0.2, 0) is 11.2 Å². The van der Waals surface area contributed by atoms with Crippen molar-refractivity contribution in [2.45, 2.75) is 44.8 Å². The van der Waals surface area contributed by atoms with Crippen LogP contribution < -0.4 is 10.6 Å². The van der Waals surface area contributed by atoms with Gasteiger partial charge in [-0.15, -0.1) is 0 Å². The lowest BCUT2D eigenvalue weighted by Gasteiger charge is -2.23. The number of furan rings is 1. The summed E-state index contributed by atoms with van der Waals surface area (Å²) < 4.78 is 13.2. The maximum absolute atomic E-state index is 5.85. The van der Waals surface area contributed by atoms with E-state index in [4.69, 9.17) is 14.1 Å². The molecule has 0 bridgehead atoms. The fraction of sp³-hybridized carbons (Fsp3) is 0.417. The third-order valence-electron chi connectivity index (χ3n) is 5.46. The lowest BCUT2D eigenvalue weighted by Crippen LogP contribution is -2.40. The number of aliphatic imine (C=N–C) groups is 1. The molecule has 2 atom stereocenters. The molecule has 164 valence electrons. The van der Waals surface area contributed by atoms with E-state index < -0.39 is 0 Å². The topological polar surface area (TPSA) is 76.6 Å². The number of nitrogens with one attached hydrogen (secondary N) is 2. The Bertz CT molecular complexity index is 931. The molecule has 2 N–H and O–H groups in total. The summed E-state index contributed by atoms with van der Waals surface area (Å²) in [7, 11) is 0. The Labute approximate surface area is 183 Å². The molecule has 3 aromatic rings. The van der Waals surface area contributed by atoms with Crippen LogP contribution in [0.2, 0.25) is 0 Å². The number of ether oxygens (including phenoxy) is 1. The Morgan fingerprint density at radius 3 is 3.00 bits per heavy atom. The summed E-state index contributed by atoms with van der Waals surface area (Å²) in [6.45, 7) is 4.38. The molecule has 0 aliphatic carbocycles. The number of nitrogens with zero attached hydrogens (tertiary/aromatic N) is 3. The Balaban J connectivity index is 1.41. The Kier molecular flexibility index (Phi) is 7.39. The van der Waals surface area contributed by atoms with E-state index in [2.05, 4.69) is 46.9 Å². The Hall–Kier alpha value is -3.06. The van der Waals surface area contributed by atoms with Gasteiger partial charge in [-0.05, 0) is 62.1 Å². The van der Waals surface area contributed by atoms with Crippen LogP contribution in [0.25, 0.3) is 5.69 Å². The standard InChI is InChI=1S/C24H31N5O2/c1-19(20-7-4-8-21(17-20)29-14-6-12-27-29)28-24(25-13-11-22-10-5-16-30-22)26-18-23-9-2-3-15-31-23/h4-8,10,12,14,16-17,19,23H,2-3,9,11,13,15,18H2,1H3,(H2,25,26,28). The van der Waals surface area contributed by atoms with Crippen molar-refractivity contribution in [3.05, 3.63) is 72.4 Å². The minimum absolute atomic E-state index is 0.0812. The Morgan fingerprint density at radius 1 is 1.26 bits per heavy atom. The van der Waals surface area contributed by atoms with Gasteiger partial charge in [0.25, 0.3) is 0 Å². The van der Waals surface area contributed by atoms with E-state index in [9.17, 15) is 0 Å². The lowest BCUT2D eigenvalue weighted by molar-refractivity contribution is 0.0224. The van der Waals surface area contributed by atoms with Crippen molar-refractivity contribution < 1.29 is 9.15 Å². The van der Waals surface area contributed by atoms with Gasteiger partial charge < -0.3 is 19.8 Å². The van der Waals surface area contributed by atoms with Crippen molar-refractivity contribution in [1.29, 1.82) is 0 Å². The molecule has 0 radical (unpaired) electrons. The number of hydrogen-bond donors (Lipinski definition) is 2. The highest BCUT2D eigenvalue weighted by Gasteiger charge is 2.15. The number of benzene rings is 1. The van der Waals surface area contributed by atoms with Gasteiger partial charge in [-0.1, -0.05) is 12.1 Å². The zero-order chi connectivity index (χ0) is 21.3. The zero-order valence-corrected chi connectivity index (χ0v) is 18.0. The minimum Gasteiger partial charge on any atom is -0.469 e. The summed E-state index contributed by atoms with van der Waals surface area (Å²) in [5.41, 5.74) is 2.21. The zero-order valence-electron chi connectivity index (χ0n) is 18.0. The normalized spacial score (nSPS) is 18.0. The van der Waals surface area contributed by atoms with Gasteiger partial charge in [0.1, 0.15) is 5.76 Å². The van der Waals surface area contributed by atoms with Crippen molar-refractivity contribution in [3.63, 3.8) is 0 Å². The molecule has 1 aliphatic rings. The maximum atomic E-state index is 5.85. The summed E-state index contributed by atoms with van der Waals surface area (Å²) in [6.07, 6.45) is 9.89. The van der Waals surface area contributed by atoms with E-state index in [1.54, 1.807) is 12.5 Å². The molecule has 3 heterocycles. The molecule has 1 aromatic carbocycles. The van der Waals surface area contributed by atoms with E-state index in [0.29, 0.717) is 6.54 Å². The van der Waals surface area contributed by atoms with Gasteiger partial charge in [-0.25, -0.2) is 4.68 Å². The van der Waals surface area contributed by atoms with Crippen LogP contribution in [0.1, 0.15) is 43.6 Å². The van der Waals surface area contributed by atoms with E-state index in [0.717, 1.165) is 49.8 Å². The second kappa shape index (κ2) is 10.8. The second-order valence-corrected chi connectivity index (χ2v) is 7.85. The fourth-order valence-corrected chi connectivity index (χ4v) is 3.70. The smallest absolute Gasteiger partial charge is 0.191 e. The van der Waals surface area contributed by atoms with Gasteiger partial charge in [-0.3, -0.25) is 4.99 Å². The number of guanidine groups is 1. The number of aromatic nitrogens is 2. The minimum atomic E-state index is 0.0812. The molecule has 7 nitrogen and oxygen atoms in total. The van der Waals surface area contributed by atoms with Gasteiger partial charge in [0.2, 0.25) is 0 Å². The molecule has 2 aromatic heterocycles. The quantitative estimate of drug-likeness (QED) is 0.426. The van der Waals surface area contributed by atoms with Crippen molar-refractivity contribution in [2.24, 2.45) is 4.99 Å². The molecule has 1 aliphatic heterocycles. The van der Waals surface area contributed by atoms with E-state index >= 15 is 0 Å². The van der Waals surface area contributed by atoms with Crippen molar-refractivity contribution in [2.75, 3.05) is 19.7 Å². The van der Waals surface area contributed by atoms with Crippen molar-refractivity contribution in [3.8, 4) is 5.69 Å². The van der Waals surface area contributed by atoms with Crippen LogP contribution >= 0.6 is 0 Å². The number of hydrogen-bond acceptors (Lipinski definition) is 4. The molecule has 4 rings (SSSR count). The monoisotopic (exact) mass is 421 g/mol. The largest absolute Gasteiger partial charge is 0.469 e. The second-order valence-electron chi connectivity index (χ2n) is 7.85.